The lowest BCUT2D eigenvalue weighted by Gasteiger charge is -2.39. The molecule has 2 unspecified atom stereocenters. The van der Waals surface area contributed by atoms with Crippen LogP contribution in [0.3, 0.4) is 0 Å². The summed E-state index contributed by atoms with van der Waals surface area (Å²) in [5.41, 5.74) is 0. The van der Waals surface area contributed by atoms with E-state index < -0.39 is 43.4 Å². The van der Waals surface area contributed by atoms with Crippen molar-refractivity contribution < 1.29 is 44.9 Å². The van der Waals surface area contributed by atoms with Crippen LogP contribution in [0.4, 0.5) is 0 Å². The molecule has 1 saturated heterocycles. The van der Waals surface area contributed by atoms with E-state index in [4.69, 9.17) is 9.47 Å². The SMILES string of the molecule is C[C@@H](O)C[C@@H](O)CCCCCCCCCCCCCCCCCCCCCCCC(=O)CCO[C@H]1OC(CO)[C@@H](O)C(O)[C@@H]1O. The van der Waals surface area contributed by atoms with Crippen LogP contribution in [0.2, 0.25) is 0 Å². The number of aliphatic hydroxyl groups excluding tert-OH is 6. The molecule has 0 aliphatic carbocycles. The average molecular weight is 647 g/mol. The molecule has 1 aliphatic heterocycles. The second-order valence-electron chi connectivity index (χ2n) is 13.6. The first-order valence-electron chi connectivity index (χ1n) is 18.6. The maximum absolute atomic E-state index is 12.1. The molecular formula is C36H70O9. The molecule has 268 valence electrons. The Labute approximate surface area is 274 Å². The first-order chi connectivity index (χ1) is 21.8. The molecule has 0 aromatic heterocycles. The maximum Gasteiger partial charge on any atom is 0.186 e. The van der Waals surface area contributed by atoms with E-state index in [1.807, 2.05) is 0 Å². The number of rotatable bonds is 31. The first-order valence-corrected chi connectivity index (χ1v) is 18.6. The number of Topliss-reactive ketones (excluding diaryl/α,β-unsaturated/α-hetero) is 1. The highest BCUT2D eigenvalue weighted by Crippen LogP contribution is 2.22. The molecule has 7 atom stereocenters. The summed E-state index contributed by atoms with van der Waals surface area (Å²) in [6, 6.07) is 0. The topological polar surface area (TPSA) is 157 Å². The van der Waals surface area contributed by atoms with Crippen molar-refractivity contribution in [2.75, 3.05) is 13.2 Å². The van der Waals surface area contributed by atoms with E-state index in [9.17, 15) is 35.4 Å². The largest absolute Gasteiger partial charge is 0.394 e. The van der Waals surface area contributed by atoms with Crippen LogP contribution in [0.5, 0.6) is 0 Å². The second-order valence-corrected chi connectivity index (χ2v) is 13.6. The minimum atomic E-state index is -1.47. The lowest BCUT2D eigenvalue weighted by molar-refractivity contribution is -0.300. The lowest BCUT2D eigenvalue weighted by atomic mass is 9.99. The Hall–Kier alpha value is -0.650. The summed E-state index contributed by atoms with van der Waals surface area (Å²) in [6.45, 7) is 1.29. The molecular weight excluding hydrogens is 576 g/mol. The minimum absolute atomic E-state index is 0.0601. The molecule has 0 saturated carbocycles. The summed E-state index contributed by atoms with van der Waals surface area (Å²) in [5, 5.41) is 57.8. The molecule has 6 N–H and O–H groups in total. The van der Waals surface area contributed by atoms with Crippen molar-refractivity contribution >= 4 is 5.78 Å². The summed E-state index contributed by atoms with van der Waals surface area (Å²) in [5.74, 6) is 0.0984. The smallest absolute Gasteiger partial charge is 0.186 e. The lowest BCUT2D eigenvalue weighted by Crippen LogP contribution is -2.59. The summed E-state index contributed by atoms with van der Waals surface area (Å²) >= 11 is 0. The van der Waals surface area contributed by atoms with Gasteiger partial charge in [-0.2, -0.15) is 0 Å². The number of hydrogen-bond donors (Lipinski definition) is 6. The predicted octanol–water partition coefficient (Wildman–Crippen LogP) is 5.87. The third kappa shape index (κ3) is 22.5. The van der Waals surface area contributed by atoms with Crippen LogP contribution in [-0.2, 0) is 14.3 Å². The van der Waals surface area contributed by atoms with Crippen LogP contribution in [0, 0.1) is 0 Å². The van der Waals surface area contributed by atoms with Gasteiger partial charge in [-0.15, -0.1) is 0 Å². The molecule has 0 aromatic carbocycles. The van der Waals surface area contributed by atoms with Gasteiger partial charge in [0.05, 0.1) is 25.4 Å². The molecule has 9 nitrogen and oxygen atoms in total. The summed E-state index contributed by atoms with van der Waals surface area (Å²) in [4.78, 5) is 12.1. The number of hydrogen-bond acceptors (Lipinski definition) is 9. The van der Waals surface area contributed by atoms with Gasteiger partial charge in [0, 0.05) is 12.8 Å². The van der Waals surface area contributed by atoms with Crippen molar-refractivity contribution in [2.24, 2.45) is 0 Å². The van der Waals surface area contributed by atoms with Crippen LogP contribution in [0.25, 0.3) is 0 Å². The fourth-order valence-corrected chi connectivity index (χ4v) is 6.19. The zero-order valence-corrected chi connectivity index (χ0v) is 28.5. The number of carbonyl (C=O) groups is 1. The Balaban J connectivity index is 1.77. The van der Waals surface area contributed by atoms with Gasteiger partial charge in [0.1, 0.15) is 30.2 Å². The third-order valence-electron chi connectivity index (χ3n) is 9.12. The number of aliphatic hydroxyl groups is 6. The Morgan fingerprint density at radius 1 is 0.622 bits per heavy atom. The molecule has 0 bridgehead atoms. The molecule has 0 aromatic rings. The first kappa shape index (κ1) is 42.4. The Morgan fingerprint density at radius 3 is 1.47 bits per heavy atom. The van der Waals surface area contributed by atoms with E-state index in [1.54, 1.807) is 6.92 Å². The van der Waals surface area contributed by atoms with E-state index in [0.29, 0.717) is 12.8 Å². The number of unbranched alkanes of at least 4 members (excludes halogenated alkanes) is 20. The average Bonchev–Trinajstić information content (AvgIpc) is 3.01. The van der Waals surface area contributed by atoms with Crippen molar-refractivity contribution in [1.29, 1.82) is 0 Å². The van der Waals surface area contributed by atoms with Crippen LogP contribution in [0.15, 0.2) is 0 Å². The van der Waals surface area contributed by atoms with Gasteiger partial charge in [0.25, 0.3) is 0 Å². The number of ether oxygens (including phenoxy) is 2. The van der Waals surface area contributed by atoms with Gasteiger partial charge >= 0.3 is 0 Å². The molecule has 0 spiro atoms. The van der Waals surface area contributed by atoms with Gasteiger partial charge in [0.15, 0.2) is 6.29 Å². The normalized spacial score (nSPS) is 23.3. The molecule has 1 fully saturated rings. The Morgan fingerprint density at radius 2 is 1.04 bits per heavy atom. The Kier molecular flexibility index (Phi) is 26.7. The number of carbonyl (C=O) groups excluding carboxylic acids is 1. The second kappa shape index (κ2) is 28.4. The highest BCUT2D eigenvalue weighted by atomic mass is 16.7. The van der Waals surface area contributed by atoms with Crippen LogP contribution in [0.1, 0.15) is 167 Å². The fraction of sp³-hybridized carbons (Fsp3) is 0.972. The highest BCUT2D eigenvalue weighted by molar-refractivity contribution is 5.78. The monoisotopic (exact) mass is 647 g/mol. The minimum Gasteiger partial charge on any atom is -0.394 e. The molecule has 45 heavy (non-hydrogen) atoms. The van der Waals surface area contributed by atoms with Crippen molar-refractivity contribution in [3.05, 3.63) is 0 Å². The van der Waals surface area contributed by atoms with Crippen molar-refractivity contribution in [3.63, 3.8) is 0 Å². The fourth-order valence-electron chi connectivity index (χ4n) is 6.19. The molecule has 1 rings (SSSR count). The van der Waals surface area contributed by atoms with Crippen molar-refractivity contribution in [1.82, 2.24) is 0 Å². The molecule has 9 heteroatoms. The van der Waals surface area contributed by atoms with Gasteiger partial charge < -0.3 is 40.1 Å². The molecule has 1 heterocycles. The zero-order chi connectivity index (χ0) is 33.1. The molecule has 0 amide bonds. The van der Waals surface area contributed by atoms with Gasteiger partial charge in [-0.05, 0) is 26.2 Å². The third-order valence-corrected chi connectivity index (χ3v) is 9.12. The van der Waals surface area contributed by atoms with Crippen molar-refractivity contribution in [2.45, 2.75) is 210 Å². The quantitative estimate of drug-likeness (QED) is 0.0507. The van der Waals surface area contributed by atoms with Gasteiger partial charge in [0.2, 0.25) is 0 Å². The highest BCUT2D eigenvalue weighted by Gasteiger charge is 2.43. The van der Waals surface area contributed by atoms with E-state index in [0.717, 1.165) is 32.1 Å². The van der Waals surface area contributed by atoms with Crippen LogP contribution in [-0.4, -0.2) is 92.5 Å². The van der Waals surface area contributed by atoms with Gasteiger partial charge in [-0.25, -0.2) is 0 Å². The van der Waals surface area contributed by atoms with E-state index in [2.05, 4.69) is 0 Å². The van der Waals surface area contributed by atoms with Crippen molar-refractivity contribution in [3.8, 4) is 0 Å². The molecule has 1 aliphatic rings. The standard InChI is InChI=1S/C36H70O9/c1-29(38)27-31(40)24-22-20-18-16-14-12-10-8-6-4-2-3-5-7-9-11-13-15-17-19-21-23-30(39)25-26-44-36-35(43)34(42)33(41)32(28-37)45-36/h29,31-38,40-43H,2-28H2,1H3/t29-,31+,32?,33-,34?,35+,36+/m1/s1. The van der Waals surface area contributed by atoms with E-state index in [1.165, 1.54) is 109 Å². The summed E-state index contributed by atoms with van der Waals surface area (Å²) < 4.78 is 10.7. The van der Waals surface area contributed by atoms with E-state index in [-0.39, 0.29) is 24.9 Å². The Bertz CT molecular complexity index is 675. The van der Waals surface area contributed by atoms with E-state index >= 15 is 0 Å². The predicted molar refractivity (Wildman–Crippen MR) is 178 cm³/mol. The summed E-state index contributed by atoms with van der Waals surface area (Å²) in [7, 11) is 0. The van der Waals surface area contributed by atoms with Gasteiger partial charge in [-0.3, -0.25) is 4.79 Å². The molecule has 0 radical (unpaired) electrons. The summed E-state index contributed by atoms with van der Waals surface area (Å²) in [6.07, 6.45) is 21.5. The van der Waals surface area contributed by atoms with Crippen LogP contribution >= 0.6 is 0 Å². The maximum atomic E-state index is 12.1. The van der Waals surface area contributed by atoms with Crippen LogP contribution < -0.4 is 0 Å². The number of ketones is 1. The van der Waals surface area contributed by atoms with Gasteiger partial charge in [-0.1, -0.05) is 128 Å². The zero-order valence-electron chi connectivity index (χ0n) is 28.5.